The second-order valence-corrected chi connectivity index (χ2v) is 8.75. The number of allylic oxidation sites excluding steroid dienone is 8. The molecule has 0 heterocycles. The molecule has 4 rings (SSSR count). The number of fused-ring (bicyclic) bond motifs is 5. The van der Waals surface area contributed by atoms with Crippen LogP contribution in [-0.4, -0.2) is 34.0 Å². The molecule has 0 aliphatic heterocycles. The van der Waals surface area contributed by atoms with Crippen LogP contribution in [0, 0.1) is 22.7 Å². The summed E-state index contributed by atoms with van der Waals surface area (Å²) in [5.74, 6) is -0.576. The Bertz CT molecular complexity index is 829. The lowest BCUT2D eigenvalue weighted by Crippen LogP contribution is -2.56. The van der Waals surface area contributed by atoms with E-state index in [0.717, 1.165) is 12.0 Å². The molecule has 0 radical (unpaired) electrons. The Balaban J connectivity index is 1.84. The minimum atomic E-state index is -1.51. The minimum absolute atomic E-state index is 0.0352. The second kappa shape index (κ2) is 5.37. The van der Waals surface area contributed by atoms with Crippen LogP contribution in [-0.2, 0) is 9.59 Å². The molecule has 0 amide bonds. The molecule has 1 fully saturated rings. The summed E-state index contributed by atoms with van der Waals surface area (Å²) in [7, 11) is 0. The van der Waals surface area contributed by atoms with Gasteiger partial charge in [0.2, 0.25) is 0 Å². The van der Waals surface area contributed by atoms with E-state index < -0.39 is 23.4 Å². The van der Waals surface area contributed by atoms with Gasteiger partial charge in [-0.3, -0.25) is 9.59 Å². The first kappa shape index (κ1) is 17.6. The van der Waals surface area contributed by atoms with E-state index >= 15 is 0 Å². The maximum atomic E-state index is 12.5. The number of carbonyl (C=O) groups is 2. The van der Waals surface area contributed by atoms with Crippen molar-refractivity contribution < 1.29 is 19.8 Å². The zero-order chi connectivity index (χ0) is 18.9. The zero-order valence-electron chi connectivity index (χ0n) is 15.6. The maximum absolute atomic E-state index is 12.5. The largest absolute Gasteiger partial charge is 0.388 e. The fourth-order valence-corrected chi connectivity index (χ4v) is 5.96. The van der Waals surface area contributed by atoms with Crippen molar-refractivity contribution in [2.75, 3.05) is 6.61 Å². The number of hydrogen-bond donors (Lipinski definition) is 2. The normalized spacial score (nSPS) is 43.7. The first-order chi connectivity index (χ1) is 12.2. The monoisotopic (exact) mass is 354 g/mol. The van der Waals surface area contributed by atoms with Gasteiger partial charge in [0, 0.05) is 10.8 Å². The SMILES string of the molecule is C[C@@H]1C[C@H]2C3=CCC4=CC(=O)C=C[C@]4(C)C3=CC[C@]2(C)[C@@]1(O)C(=O)CO. The Morgan fingerprint density at radius 2 is 2.04 bits per heavy atom. The molecule has 2 N–H and O–H groups in total. The summed E-state index contributed by atoms with van der Waals surface area (Å²) in [6, 6.07) is 0. The van der Waals surface area contributed by atoms with E-state index in [2.05, 4.69) is 19.1 Å². The smallest absolute Gasteiger partial charge is 0.190 e. The third-order valence-corrected chi connectivity index (χ3v) is 7.59. The molecule has 0 bridgehead atoms. The molecule has 0 aromatic heterocycles. The van der Waals surface area contributed by atoms with Gasteiger partial charge in [-0.15, -0.1) is 0 Å². The first-order valence-electron chi connectivity index (χ1n) is 9.40. The van der Waals surface area contributed by atoms with Crippen LogP contribution in [0.1, 0.15) is 40.0 Å². The summed E-state index contributed by atoms with van der Waals surface area (Å²) < 4.78 is 0. The molecule has 5 atom stereocenters. The topological polar surface area (TPSA) is 74.6 Å². The molecular formula is C22H26O4. The Kier molecular flexibility index (Phi) is 3.64. The van der Waals surface area contributed by atoms with Gasteiger partial charge in [0.1, 0.15) is 12.2 Å². The molecular weight excluding hydrogens is 328 g/mol. The van der Waals surface area contributed by atoms with Gasteiger partial charge in [-0.05, 0) is 66.9 Å². The molecule has 0 aromatic rings. The summed E-state index contributed by atoms with van der Waals surface area (Å²) >= 11 is 0. The predicted molar refractivity (Wildman–Crippen MR) is 98.2 cm³/mol. The zero-order valence-corrected chi connectivity index (χ0v) is 15.6. The Labute approximate surface area is 154 Å². The number of aliphatic hydroxyl groups is 2. The van der Waals surface area contributed by atoms with Crippen molar-refractivity contribution in [1.29, 1.82) is 0 Å². The maximum Gasteiger partial charge on any atom is 0.190 e. The van der Waals surface area contributed by atoms with Crippen molar-refractivity contribution in [3.63, 3.8) is 0 Å². The van der Waals surface area contributed by atoms with E-state index in [-0.39, 0.29) is 23.0 Å². The molecule has 138 valence electrons. The van der Waals surface area contributed by atoms with Crippen LogP contribution < -0.4 is 0 Å². The van der Waals surface area contributed by atoms with E-state index in [1.807, 2.05) is 19.9 Å². The van der Waals surface area contributed by atoms with Crippen LogP contribution in [0.15, 0.2) is 47.1 Å². The summed E-state index contributed by atoms with van der Waals surface area (Å²) in [5, 5.41) is 20.8. The number of rotatable bonds is 2. The molecule has 4 aliphatic rings. The van der Waals surface area contributed by atoms with Crippen LogP contribution in [0.5, 0.6) is 0 Å². The minimum Gasteiger partial charge on any atom is -0.388 e. The van der Waals surface area contributed by atoms with Crippen LogP contribution in [0.25, 0.3) is 0 Å². The van der Waals surface area contributed by atoms with Crippen molar-refractivity contribution in [3.8, 4) is 0 Å². The lowest BCUT2D eigenvalue weighted by Gasteiger charge is -2.50. The number of ketones is 2. The Morgan fingerprint density at radius 1 is 1.31 bits per heavy atom. The fraction of sp³-hybridized carbons (Fsp3) is 0.545. The van der Waals surface area contributed by atoms with E-state index in [4.69, 9.17) is 0 Å². The average molecular weight is 354 g/mol. The van der Waals surface area contributed by atoms with Crippen LogP contribution in [0.4, 0.5) is 0 Å². The number of aliphatic hydroxyl groups excluding tert-OH is 1. The van der Waals surface area contributed by atoms with Crippen molar-refractivity contribution in [3.05, 3.63) is 47.1 Å². The number of Topliss-reactive ketones (excluding diaryl/α,β-unsaturated/α-hetero) is 1. The van der Waals surface area contributed by atoms with Crippen LogP contribution >= 0.6 is 0 Å². The molecule has 0 unspecified atom stereocenters. The highest BCUT2D eigenvalue weighted by molar-refractivity contribution is 6.01. The summed E-state index contributed by atoms with van der Waals surface area (Å²) in [4.78, 5) is 24.3. The molecule has 0 saturated heterocycles. The molecule has 4 nitrogen and oxygen atoms in total. The van der Waals surface area contributed by atoms with Gasteiger partial charge in [-0.25, -0.2) is 0 Å². The lowest BCUT2D eigenvalue weighted by atomic mass is 9.55. The van der Waals surface area contributed by atoms with Crippen molar-refractivity contribution in [2.45, 2.75) is 45.6 Å². The van der Waals surface area contributed by atoms with Crippen molar-refractivity contribution >= 4 is 11.6 Å². The van der Waals surface area contributed by atoms with Gasteiger partial charge in [-0.1, -0.05) is 32.1 Å². The van der Waals surface area contributed by atoms with E-state index in [1.165, 1.54) is 11.1 Å². The highest BCUT2D eigenvalue weighted by Gasteiger charge is 2.65. The molecule has 1 saturated carbocycles. The molecule has 0 aromatic carbocycles. The predicted octanol–water partition coefficient (Wildman–Crippen LogP) is 2.67. The lowest BCUT2D eigenvalue weighted by molar-refractivity contribution is -0.159. The molecule has 4 aliphatic carbocycles. The van der Waals surface area contributed by atoms with Gasteiger partial charge in [0.15, 0.2) is 11.6 Å². The molecule has 0 spiro atoms. The first-order valence-corrected chi connectivity index (χ1v) is 9.40. The van der Waals surface area contributed by atoms with E-state index in [1.54, 1.807) is 12.2 Å². The van der Waals surface area contributed by atoms with Gasteiger partial charge in [0.05, 0.1) is 0 Å². The standard InChI is InChI=1S/C22H26O4/c1-13-10-18-16-5-4-14-11-15(24)6-8-20(14,2)17(16)7-9-21(18,3)22(13,26)19(25)12-23/h5-8,11,13,18,23,26H,4,9-10,12H2,1-3H3/t13-,18+,20+,21+,22+/m1/s1. The Hall–Kier alpha value is -1.78. The highest BCUT2D eigenvalue weighted by Crippen LogP contribution is 2.65. The van der Waals surface area contributed by atoms with E-state index in [0.29, 0.717) is 12.8 Å². The fourth-order valence-electron chi connectivity index (χ4n) is 5.96. The molecule has 4 heteroatoms. The third-order valence-electron chi connectivity index (χ3n) is 7.59. The van der Waals surface area contributed by atoms with E-state index in [9.17, 15) is 19.8 Å². The van der Waals surface area contributed by atoms with Gasteiger partial charge >= 0.3 is 0 Å². The van der Waals surface area contributed by atoms with Gasteiger partial charge < -0.3 is 10.2 Å². The molecule has 26 heavy (non-hydrogen) atoms. The summed E-state index contributed by atoms with van der Waals surface area (Å²) in [6.07, 6.45) is 11.7. The van der Waals surface area contributed by atoms with Gasteiger partial charge in [0.25, 0.3) is 0 Å². The third kappa shape index (κ3) is 1.92. The van der Waals surface area contributed by atoms with Crippen molar-refractivity contribution in [2.24, 2.45) is 22.7 Å². The van der Waals surface area contributed by atoms with Crippen molar-refractivity contribution in [1.82, 2.24) is 0 Å². The van der Waals surface area contributed by atoms with Gasteiger partial charge in [-0.2, -0.15) is 0 Å². The summed E-state index contributed by atoms with van der Waals surface area (Å²) in [5.41, 5.74) is 1.10. The number of carbonyl (C=O) groups excluding carboxylic acids is 2. The second-order valence-electron chi connectivity index (χ2n) is 8.75. The van der Waals surface area contributed by atoms with Crippen LogP contribution in [0.2, 0.25) is 0 Å². The Morgan fingerprint density at radius 3 is 2.73 bits per heavy atom. The summed E-state index contributed by atoms with van der Waals surface area (Å²) in [6.45, 7) is 5.41. The van der Waals surface area contributed by atoms with Crippen LogP contribution in [0.3, 0.4) is 0 Å². The average Bonchev–Trinajstić information content (AvgIpc) is 2.83. The highest BCUT2D eigenvalue weighted by atomic mass is 16.3. The number of hydrogen-bond acceptors (Lipinski definition) is 4. The quantitative estimate of drug-likeness (QED) is 0.799.